The Morgan fingerprint density at radius 1 is 1.22 bits per heavy atom. The number of hydrogen-bond acceptors (Lipinski definition) is 5. The number of hydrogen-bond donors (Lipinski definition) is 0. The van der Waals surface area contributed by atoms with Gasteiger partial charge in [0.05, 0.1) is 17.0 Å². The molecule has 0 amide bonds. The molecule has 2 rings (SSSR count). The Hall–Kier alpha value is -1.57. The van der Waals surface area contributed by atoms with Crippen LogP contribution in [0.5, 0.6) is 0 Å². The van der Waals surface area contributed by atoms with E-state index in [1.807, 2.05) is 19.2 Å². The zero-order chi connectivity index (χ0) is 17.2. The minimum Gasteiger partial charge on any atom is -0.299 e. The molecule has 0 N–H and O–H groups in total. The van der Waals surface area contributed by atoms with Crippen LogP contribution in [-0.4, -0.2) is 37.6 Å². The van der Waals surface area contributed by atoms with Crippen LogP contribution in [0.3, 0.4) is 0 Å². The molecule has 0 aliphatic carbocycles. The first-order chi connectivity index (χ1) is 10.7. The molecule has 0 aliphatic heterocycles. The van der Waals surface area contributed by atoms with Gasteiger partial charge in [0, 0.05) is 31.0 Å². The van der Waals surface area contributed by atoms with Crippen molar-refractivity contribution in [3.8, 4) is 11.3 Å². The standard InChI is InChI=1S/C16H20N2O3S2/c1-11(2)15(19)9-16-17-14(10-22-16)12-5-7-13(8-6-12)23(20,21)18(3)4/h5-8,10-11H,9H2,1-4H3. The van der Waals surface area contributed by atoms with Crippen molar-refractivity contribution in [1.29, 1.82) is 0 Å². The average molecular weight is 352 g/mol. The molecule has 7 heteroatoms. The Kier molecular flexibility index (Phi) is 5.33. The third kappa shape index (κ3) is 4.04. The first kappa shape index (κ1) is 17.8. The number of thiazole rings is 1. The van der Waals surface area contributed by atoms with E-state index >= 15 is 0 Å². The van der Waals surface area contributed by atoms with Crippen LogP contribution in [0.25, 0.3) is 11.3 Å². The lowest BCUT2D eigenvalue weighted by atomic mass is 10.1. The maximum atomic E-state index is 12.0. The molecule has 1 aromatic carbocycles. The number of benzene rings is 1. The number of ketones is 1. The maximum Gasteiger partial charge on any atom is 0.242 e. The Bertz CT molecular complexity index is 791. The molecular weight excluding hydrogens is 332 g/mol. The third-order valence-corrected chi connectivity index (χ3v) is 6.13. The summed E-state index contributed by atoms with van der Waals surface area (Å²) >= 11 is 1.45. The van der Waals surface area contributed by atoms with Crippen molar-refractivity contribution >= 4 is 27.1 Å². The number of aromatic nitrogens is 1. The molecule has 0 aliphatic rings. The fraction of sp³-hybridized carbons (Fsp3) is 0.375. The zero-order valence-electron chi connectivity index (χ0n) is 13.6. The summed E-state index contributed by atoms with van der Waals surface area (Å²) in [6.45, 7) is 3.75. The molecule has 1 heterocycles. The normalized spacial score (nSPS) is 12.1. The first-order valence-electron chi connectivity index (χ1n) is 7.22. The summed E-state index contributed by atoms with van der Waals surface area (Å²) in [5.74, 6) is 0.163. The number of Topliss-reactive ketones (excluding diaryl/α,β-unsaturated/α-hetero) is 1. The van der Waals surface area contributed by atoms with Crippen molar-refractivity contribution in [2.75, 3.05) is 14.1 Å². The largest absolute Gasteiger partial charge is 0.299 e. The van der Waals surface area contributed by atoms with Gasteiger partial charge in [0.25, 0.3) is 0 Å². The highest BCUT2D eigenvalue weighted by Gasteiger charge is 2.17. The second-order valence-corrected chi connectivity index (χ2v) is 8.83. The molecule has 124 valence electrons. The predicted molar refractivity (Wildman–Crippen MR) is 92.0 cm³/mol. The van der Waals surface area contributed by atoms with Crippen LogP contribution in [-0.2, 0) is 21.2 Å². The summed E-state index contributed by atoms with van der Waals surface area (Å²) < 4.78 is 25.3. The summed E-state index contributed by atoms with van der Waals surface area (Å²) in [6, 6.07) is 6.62. The van der Waals surface area contributed by atoms with Crippen molar-refractivity contribution in [2.24, 2.45) is 5.92 Å². The molecule has 0 saturated heterocycles. The van der Waals surface area contributed by atoms with E-state index in [1.54, 1.807) is 24.3 Å². The van der Waals surface area contributed by atoms with Crippen LogP contribution >= 0.6 is 11.3 Å². The van der Waals surface area contributed by atoms with Crippen LogP contribution in [0, 0.1) is 5.92 Å². The Morgan fingerprint density at radius 3 is 2.35 bits per heavy atom. The first-order valence-corrected chi connectivity index (χ1v) is 9.54. The lowest BCUT2D eigenvalue weighted by Crippen LogP contribution is -2.22. The molecule has 0 spiro atoms. The molecule has 5 nitrogen and oxygen atoms in total. The van der Waals surface area contributed by atoms with Crippen molar-refractivity contribution in [3.63, 3.8) is 0 Å². The fourth-order valence-corrected chi connectivity index (χ4v) is 3.60. The SMILES string of the molecule is CC(C)C(=O)Cc1nc(-c2ccc(S(=O)(=O)N(C)C)cc2)cs1. The summed E-state index contributed by atoms with van der Waals surface area (Å²) in [5, 5.41) is 2.67. The molecule has 0 unspecified atom stereocenters. The van der Waals surface area contributed by atoms with E-state index in [9.17, 15) is 13.2 Å². The molecule has 1 aromatic heterocycles. The van der Waals surface area contributed by atoms with Crippen LogP contribution in [0.4, 0.5) is 0 Å². The highest BCUT2D eigenvalue weighted by molar-refractivity contribution is 7.89. The van der Waals surface area contributed by atoms with Gasteiger partial charge < -0.3 is 0 Å². The van der Waals surface area contributed by atoms with E-state index in [0.717, 1.165) is 16.3 Å². The molecule has 23 heavy (non-hydrogen) atoms. The lowest BCUT2D eigenvalue weighted by molar-refractivity contribution is -0.121. The van der Waals surface area contributed by atoms with Crippen molar-refractivity contribution < 1.29 is 13.2 Å². The smallest absolute Gasteiger partial charge is 0.242 e. The van der Waals surface area contributed by atoms with E-state index in [0.29, 0.717) is 6.42 Å². The second-order valence-electron chi connectivity index (χ2n) is 5.74. The van der Waals surface area contributed by atoms with Crippen molar-refractivity contribution in [3.05, 3.63) is 34.7 Å². The fourth-order valence-electron chi connectivity index (χ4n) is 1.89. The Morgan fingerprint density at radius 2 is 1.83 bits per heavy atom. The molecule has 0 radical (unpaired) electrons. The predicted octanol–water partition coefficient (Wildman–Crippen LogP) is 2.83. The minimum absolute atomic E-state index is 0.00197. The highest BCUT2D eigenvalue weighted by Crippen LogP contribution is 2.24. The van der Waals surface area contributed by atoms with Gasteiger partial charge >= 0.3 is 0 Å². The monoisotopic (exact) mass is 352 g/mol. The zero-order valence-corrected chi connectivity index (χ0v) is 15.2. The lowest BCUT2D eigenvalue weighted by Gasteiger charge is -2.11. The van der Waals surface area contributed by atoms with E-state index in [1.165, 1.54) is 29.7 Å². The van der Waals surface area contributed by atoms with Crippen molar-refractivity contribution in [2.45, 2.75) is 25.2 Å². The second kappa shape index (κ2) is 6.90. The summed E-state index contributed by atoms with van der Waals surface area (Å²) in [5.41, 5.74) is 1.59. The van der Waals surface area contributed by atoms with Gasteiger partial charge in [-0.05, 0) is 12.1 Å². The number of nitrogens with zero attached hydrogens (tertiary/aromatic N) is 2. The van der Waals surface area contributed by atoms with E-state index in [2.05, 4.69) is 4.98 Å². The number of carbonyl (C=O) groups excluding carboxylic acids is 1. The summed E-state index contributed by atoms with van der Waals surface area (Å²) in [4.78, 5) is 16.5. The Balaban J connectivity index is 2.21. The average Bonchev–Trinajstić information content (AvgIpc) is 2.95. The number of sulfonamides is 1. The topological polar surface area (TPSA) is 67.3 Å². The number of rotatable bonds is 6. The van der Waals surface area contributed by atoms with E-state index in [4.69, 9.17) is 0 Å². The van der Waals surface area contributed by atoms with Gasteiger partial charge in [-0.25, -0.2) is 17.7 Å². The molecule has 0 bridgehead atoms. The third-order valence-electron chi connectivity index (χ3n) is 3.45. The quantitative estimate of drug-likeness (QED) is 0.802. The number of carbonyl (C=O) groups is 1. The van der Waals surface area contributed by atoms with Crippen LogP contribution in [0.1, 0.15) is 18.9 Å². The van der Waals surface area contributed by atoms with E-state index < -0.39 is 10.0 Å². The van der Waals surface area contributed by atoms with E-state index in [-0.39, 0.29) is 16.6 Å². The maximum absolute atomic E-state index is 12.0. The van der Waals surface area contributed by atoms with Gasteiger partial charge in [-0.2, -0.15) is 0 Å². The molecule has 2 aromatic rings. The molecular formula is C16H20N2O3S2. The summed E-state index contributed by atoms with van der Waals surface area (Å²) in [7, 11) is -0.422. The minimum atomic E-state index is -3.43. The van der Waals surface area contributed by atoms with Gasteiger partial charge in [-0.1, -0.05) is 26.0 Å². The van der Waals surface area contributed by atoms with Gasteiger partial charge in [-0.15, -0.1) is 11.3 Å². The van der Waals surface area contributed by atoms with Crippen LogP contribution < -0.4 is 0 Å². The van der Waals surface area contributed by atoms with Crippen LogP contribution in [0.2, 0.25) is 0 Å². The molecule has 0 atom stereocenters. The van der Waals surface area contributed by atoms with Gasteiger partial charge in [0.2, 0.25) is 10.0 Å². The van der Waals surface area contributed by atoms with Gasteiger partial charge in [-0.3, -0.25) is 4.79 Å². The highest BCUT2D eigenvalue weighted by atomic mass is 32.2. The van der Waals surface area contributed by atoms with Gasteiger partial charge in [0.15, 0.2) is 0 Å². The Labute approximate surface area is 141 Å². The summed E-state index contributed by atoms with van der Waals surface area (Å²) in [6.07, 6.45) is 0.343. The molecule has 0 saturated carbocycles. The molecule has 0 fully saturated rings. The van der Waals surface area contributed by atoms with Gasteiger partial charge in [0.1, 0.15) is 10.8 Å². The van der Waals surface area contributed by atoms with Crippen LogP contribution in [0.15, 0.2) is 34.5 Å². The van der Waals surface area contributed by atoms with Crippen molar-refractivity contribution in [1.82, 2.24) is 9.29 Å².